The number of nitrogens with one attached hydrogen (secondary N) is 1. The van der Waals surface area contributed by atoms with Gasteiger partial charge in [0.2, 0.25) is 0 Å². The van der Waals surface area contributed by atoms with Crippen molar-refractivity contribution >= 4 is 12.2 Å². The minimum atomic E-state index is -1.06. The molecule has 130 valence electrons. The molecule has 6 atom stereocenters. The number of aliphatic hydroxyl groups excluding tert-OH is 2. The van der Waals surface area contributed by atoms with Crippen LogP contribution in [0.4, 0.5) is 0 Å². The molecule has 1 aliphatic rings. The Morgan fingerprint density at radius 2 is 2.00 bits per heavy atom. The standard InChI is InChI=1S/C14H21NO7S.Na/c1-8-10(15-23-22-21-18)12(17)13(20-14(8)19-2)11(16)9-6-4-3-5-7-9;/h3-8,10-18H,1-2H3;/q;+1/p-1. The molecule has 1 aromatic rings. The van der Waals surface area contributed by atoms with E-state index in [-0.39, 0.29) is 35.5 Å². The summed E-state index contributed by atoms with van der Waals surface area (Å²) in [7, 11) is 1.48. The first-order valence-corrected chi connectivity index (χ1v) is 7.81. The second-order valence-electron chi connectivity index (χ2n) is 5.27. The molecule has 2 rings (SSSR count). The van der Waals surface area contributed by atoms with Crippen LogP contribution in [-0.4, -0.2) is 41.9 Å². The van der Waals surface area contributed by atoms with Crippen LogP contribution >= 0.6 is 12.2 Å². The van der Waals surface area contributed by atoms with Gasteiger partial charge in [0, 0.05) is 13.0 Å². The molecule has 3 N–H and O–H groups in total. The van der Waals surface area contributed by atoms with Crippen LogP contribution in [0.3, 0.4) is 0 Å². The van der Waals surface area contributed by atoms with Crippen LogP contribution < -0.4 is 39.5 Å². The number of hydrogen-bond acceptors (Lipinski definition) is 9. The molecule has 0 radical (unpaired) electrons. The summed E-state index contributed by atoms with van der Waals surface area (Å²) in [6, 6.07) is 8.33. The van der Waals surface area contributed by atoms with Gasteiger partial charge < -0.3 is 24.9 Å². The molecular formula is C14H20NNaO7S. The zero-order valence-corrected chi connectivity index (χ0v) is 16.5. The second kappa shape index (κ2) is 11.1. The Balaban J connectivity index is 0.00000288. The van der Waals surface area contributed by atoms with E-state index >= 15 is 0 Å². The zero-order chi connectivity index (χ0) is 16.8. The van der Waals surface area contributed by atoms with Gasteiger partial charge in [-0.15, -0.1) is 0 Å². The van der Waals surface area contributed by atoms with E-state index < -0.39 is 30.6 Å². The van der Waals surface area contributed by atoms with E-state index in [4.69, 9.17) is 9.47 Å². The third-order valence-electron chi connectivity index (χ3n) is 3.92. The average Bonchev–Trinajstić information content (AvgIpc) is 2.58. The van der Waals surface area contributed by atoms with Crippen molar-refractivity contribution in [3.05, 3.63) is 35.9 Å². The average molecular weight is 369 g/mol. The summed E-state index contributed by atoms with van der Waals surface area (Å²) >= 11 is 0.552. The second-order valence-corrected chi connectivity index (χ2v) is 5.81. The van der Waals surface area contributed by atoms with Gasteiger partial charge in [-0.3, -0.25) is 5.04 Å². The summed E-state index contributed by atoms with van der Waals surface area (Å²) < 4.78 is 17.9. The van der Waals surface area contributed by atoms with Crippen LogP contribution in [0.25, 0.3) is 0 Å². The number of methoxy groups -OCH3 is 1. The van der Waals surface area contributed by atoms with E-state index in [9.17, 15) is 15.5 Å². The Hall–Kier alpha value is 0.250. The Kier molecular flexibility index (Phi) is 10.3. The topological polar surface area (TPSA) is 112 Å². The first kappa shape index (κ1) is 22.3. The van der Waals surface area contributed by atoms with E-state index in [1.807, 2.05) is 6.07 Å². The Morgan fingerprint density at radius 1 is 1.33 bits per heavy atom. The van der Waals surface area contributed by atoms with Gasteiger partial charge in [-0.05, 0) is 5.56 Å². The van der Waals surface area contributed by atoms with Gasteiger partial charge in [-0.25, -0.2) is 4.72 Å². The SMILES string of the molecule is COC1OC(C(O)c2ccccc2)C(O)C(NSOO[O-])C1C.[Na+]. The van der Waals surface area contributed by atoms with Crippen LogP contribution in [0.2, 0.25) is 0 Å². The minimum absolute atomic E-state index is 0. The smallest absolute Gasteiger partial charge is 0.691 e. The Labute approximate surface area is 166 Å². The van der Waals surface area contributed by atoms with Gasteiger partial charge in [-0.1, -0.05) is 37.3 Å². The molecule has 24 heavy (non-hydrogen) atoms. The van der Waals surface area contributed by atoms with Crippen molar-refractivity contribution in [3.63, 3.8) is 0 Å². The van der Waals surface area contributed by atoms with E-state index in [1.165, 1.54) is 7.11 Å². The van der Waals surface area contributed by atoms with E-state index in [2.05, 4.69) is 14.1 Å². The molecular weight excluding hydrogens is 349 g/mol. The fraction of sp³-hybridized carbons (Fsp3) is 0.571. The molecule has 1 fully saturated rings. The van der Waals surface area contributed by atoms with Gasteiger partial charge >= 0.3 is 29.6 Å². The molecule has 0 saturated carbocycles. The van der Waals surface area contributed by atoms with E-state index in [0.717, 1.165) is 0 Å². The predicted octanol–water partition coefficient (Wildman–Crippen LogP) is -3.16. The molecule has 0 spiro atoms. The molecule has 0 aliphatic carbocycles. The molecule has 10 heteroatoms. The first-order chi connectivity index (χ1) is 11.1. The summed E-state index contributed by atoms with van der Waals surface area (Å²) in [5, 5.41) is 34.2. The zero-order valence-electron chi connectivity index (χ0n) is 13.7. The van der Waals surface area contributed by atoms with Crippen LogP contribution in [0.5, 0.6) is 0 Å². The van der Waals surface area contributed by atoms with Crippen molar-refractivity contribution in [3.8, 4) is 0 Å². The van der Waals surface area contributed by atoms with Gasteiger partial charge in [0.25, 0.3) is 0 Å². The molecule has 0 bridgehead atoms. The van der Waals surface area contributed by atoms with Gasteiger partial charge in [-0.2, -0.15) is 4.33 Å². The van der Waals surface area contributed by atoms with Crippen molar-refractivity contribution in [1.29, 1.82) is 0 Å². The summed E-state index contributed by atoms with van der Waals surface area (Å²) in [6.07, 6.45) is -3.66. The van der Waals surface area contributed by atoms with Gasteiger partial charge in [0.15, 0.2) is 6.29 Å². The molecule has 1 heterocycles. The van der Waals surface area contributed by atoms with Crippen molar-refractivity contribution in [1.82, 2.24) is 4.72 Å². The Morgan fingerprint density at radius 3 is 2.58 bits per heavy atom. The fourth-order valence-corrected chi connectivity index (χ4v) is 3.21. The molecule has 1 aromatic carbocycles. The van der Waals surface area contributed by atoms with Crippen LogP contribution in [0, 0.1) is 5.92 Å². The molecule has 0 amide bonds. The summed E-state index contributed by atoms with van der Waals surface area (Å²) in [6.45, 7) is 1.80. The minimum Gasteiger partial charge on any atom is -0.691 e. The Bertz CT molecular complexity index is 472. The number of ether oxygens (including phenoxy) is 2. The third-order valence-corrected chi connectivity index (χ3v) is 4.41. The van der Waals surface area contributed by atoms with E-state index in [0.29, 0.717) is 17.8 Å². The summed E-state index contributed by atoms with van der Waals surface area (Å²) in [5.74, 6) is -0.267. The largest absolute Gasteiger partial charge is 1.00 e. The maximum absolute atomic E-state index is 10.6. The quantitative estimate of drug-likeness (QED) is 0.114. The van der Waals surface area contributed by atoms with Crippen LogP contribution in [-0.2, 0) is 18.8 Å². The summed E-state index contributed by atoms with van der Waals surface area (Å²) in [5.41, 5.74) is 0.617. The number of rotatable bonds is 7. The molecule has 1 aliphatic heterocycles. The van der Waals surface area contributed by atoms with Crippen molar-refractivity contribution in [2.24, 2.45) is 5.92 Å². The molecule has 8 nitrogen and oxygen atoms in total. The van der Waals surface area contributed by atoms with Gasteiger partial charge in [0.05, 0.1) is 12.1 Å². The number of aliphatic hydroxyl groups is 2. The molecule has 1 saturated heterocycles. The summed E-state index contributed by atoms with van der Waals surface area (Å²) in [4.78, 5) is 0. The number of hydrogen-bond donors (Lipinski definition) is 3. The van der Waals surface area contributed by atoms with Crippen molar-refractivity contribution < 1.29 is 63.9 Å². The van der Waals surface area contributed by atoms with E-state index in [1.54, 1.807) is 31.2 Å². The van der Waals surface area contributed by atoms with Crippen molar-refractivity contribution in [2.75, 3.05) is 7.11 Å². The van der Waals surface area contributed by atoms with Crippen molar-refractivity contribution in [2.45, 2.75) is 37.6 Å². The third kappa shape index (κ3) is 5.37. The van der Waals surface area contributed by atoms with Gasteiger partial charge in [0.1, 0.15) is 24.4 Å². The van der Waals surface area contributed by atoms with Crippen LogP contribution in [0.15, 0.2) is 30.3 Å². The maximum atomic E-state index is 10.6. The predicted molar refractivity (Wildman–Crippen MR) is 78.9 cm³/mol. The molecule has 0 aromatic heterocycles. The normalized spacial score (nSPS) is 31.3. The van der Waals surface area contributed by atoms with Crippen LogP contribution in [0.1, 0.15) is 18.6 Å². The maximum Gasteiger partial charge on any atom is 1.00 e. The molecule has 6 unspecified atom stereocenters. The fourth-order valence-electron chi connectivity index (χ4n) is 2.68. The monoisotopic (exact) mass is 369 g/mol. The first-order valence-electron chi connectivity index (χ1n) is 7.07. The number of benzene rings is 1.